The molecule has 2 rings (SSSR count). The molecule has 21 heavy (non-hydrogen) atoms. The van der Waals surface area contributed by atoms with Crippen molar-refractivity contribution in [3.63, 3.8) is 0 Å². The molecule has 0 saturated carbocycles. The molecule has 1 aliphatic heterocycles. The van der Waals surface area contributed by atoms with E-state index in [4.69, 9.17) is 10.5 Å². The molecule has 1 saturated heterocycles. The summed E-state index contributed by atoms with van der Waals surface area (Å²) in [6, 6.07) is 3.81. The van der Waals surface area contributed by atoms with Gasteiger partial charge in [0, 0.05) is 18.8 Å². The van der Waals surface area contributed by atoms with Crippen LogP contribution >= 0.6 is 0 Å². The van der Waals surface area contributed by atoms with Crippen LogP contribution < -0.4 is 10.5 Å². The standard InChI is InChI=1S/C17H26N2O2/c1-12-11-16(13(2)10-15(12)18)21-14(3)17(20)19-8-6-4-5-7-9-19/h10-11,14H,4-9,18H2,1-3H3. The molecule has 4 nitrogen and oxygen atoms in total. The van der Waals surface area contributed by atoms with Crippen LogP contribution in [0, 0.1) is 13.8 Å². The maximum atomic E-state index is 12.5. The van der Waals surface area contributed by atoms with E-state index in [9.17, 15) is 4.79 Å². The predicted molar refractivity (Wildman–Crippen MR) is 85.5 cm³/mol. The summed E-state index contributed by atoms with van der Waals surface area (Å²) in [4.78, 5) is 14.4. The van der Waals surface area contributed by atoms with E-state index in [0.29, 0.717) is 0 Å². The second-order valence-corrected chi connectivity index (χ2v) is 5.97. The zero-order valence-electron chi connectivity index (χ0n) is 13.3. The Bertz CT molecular complexity index is 506. The van der Waals surface area contributed by atoms with Crippen molar-refractivity contribution in [1.82, 2.24) is 4.90 Å². The van der Waals surface area contributed by atoms with E-state index in [1.54, 1.807) is 0 Å². The van der Waals surface area contributed by atoms with Gasteiger partial charge in [0.15, 0.2) is 6.10 Å². The molecule has 1 unspecified atom stereocenters. The SMILES string of the molecule is Cc1cc(OC(C)C(=O)N2CCCCCC2)c(C)cc1N. The highest BCUT2D eigenvalue weighted by atomic mass is 16.5. The summed E-state index contributed by atoms with van der Waals surface area (Å²) in [5, 5.41) is 0. The average Bonchev–Trinajstić information content (AvgIpc) is 2.72. The lowest BCUT2D eigenvalue weighted by Gasteiger charge is -2.25. The van der Waals surface area contributed by atoms with Crippen LogP contribution in [0.4, 0.5) is 5.69 Å². The molecule has 0 aromatic heterocycles. The molecule has 2 N–H and O–H groups in total. The lowest BCUT2D eigenvalue weighted by Crippen LogP contribution is -2.41. The Morgan fingerprint density at radius 1 is 1.14 bits per heavy atom. The summed E-state index contributed by atoms with van der Waals surface area (Å²) in [6.45, 7) is 7.44. The van der Waals surface area contributed by atoms with Gasteiger partial charge in [-0.15, -0.1) is 0 Å². The lowest BCUT2D eigenvalue weighted by molar-refractivity contribution is -0.137. The molecule has 4 heteroatoms. The molecule has 0 aliphatic carbocycles. The van der Waals surface area contributed by atoms with Crippen molar-refractivity contribution in [2.75, 3.05) is 18.8 Å². The zero-order valence-corrected chi connectivity index (χ0v) is 13.3. The number of carbonyl (C=O) groups is 1. The van der Waals surface area contributed by atoms with E-state index in [2.05, 4.69) is 0 Å². The fourth-order valence-electron chi connectivity index (χ4n) is 2.73. The number of nitrogens with zero attached hydrogens (tertiary/aromatic N) is 1. The fraction of sp³-hybridized carbons (Fsp3) is 0.588. The van der Waals surface area contributed by atoms with Crippen LogP contribution in [0.15, 0.2) is 12.1 Å². The second-order valence-electron chi connectivity index (χ2n) is 5.97. The summed E-state index contributed by atoms with van der Waals surface area (Å²) in [5.74, 6) is 0.836. The van der Waals surface area contributed by atoms with Gasteiger partial charge in [-0.3, -0.25) is 4.79 Å². The van der Waals surface area contributed by atoms with Gasteiger partial charge in [-0.1, -0.05) is 12.8 Å². The molecule has 1 aliphatic rings. The number of benzene rings is 1. The Balaban J connectivity index is 2.04. The molecule has 1 heterocycles. The highest BCUT2D eigenvalue weighted by Gasteiger charge is 2.23. The van der Waals surface area contributed by atoms with Crippen LogP contribution in [0.2, 0.25) is 0 Å². The maximum Gasteiger partial charge on any atom is 0.263 e. The van der Waals surface area contributed by atoms with Gasteiger partial charge in [0.25, 0.3) is 5.91 Å². The number of nitrogens with two attached hydrogens (primary N) is 1. The third-order valence-electron chi connectivity index (χ3n) is 4.13. The Hall–Kier alpha value is -1.71. The van der Waals surface area contributed by atoms with E-state index < -0.39 is 6.10 Å². The first-order valence-corrected chi connectivity index (χ1v) is 7.81. The van der Waals surface area contributed by atoms with Gasteiger partial charge >= 0.3 is 0 Å². The first-order valence-electron chi connectivity index (χ1n) is 7.81. The van der Waals surface area contributed by atoms with Crippen molar-refractivity contribution in [2.24, 2.45) is 0 Å². The van der Waals surface area contributed by atoms with Crippen LogP contribution in [0.1, 0.15) is 43.7 Å². The molecule has 0 spiro atoms. The molecular formula is C17H26N2O2. The summed E-state index contributed by atoms with van der Waals surface area (Å²) in [6.07, 6.45) is 4.17. The summed E-state index contributed by atoms with van der Waals surface area (Å²) in [7, 11) is 0. The van der Waals surface area contributed by atoms with E-state index >= 15 is 0 Å². The smallest absolute Gasteiger partial charge is 0.263 e. The lowest BCUT2D eigenvalue weighted by atomic mass is 10.1. The Morgan fingerprint density at radius 2 is 1.76 bits per heavy atom. The van der Waals surface area contributed by atoms with Crippen molar-refractivity contribution in [3.05, 3.63) is 23.3 Å². The summed E-state index contributed by atoms with van der Waals surface area (Å²) >= 11 is 0. The Kier molecular flexibility index (Phi) is 5.10. The molecule has 1 fully saturated rings. The number of hydrogen-bond donors (Lipinski definition) is 1. The van der Waals surface area contributed by atoms with Gasteiger partial charge in [0.2, 0.25) is 0 Å². The predicted octanol–water partition coefficient (Wildman–Crippen LogP) is 3.06. The number of hydrogen-bond acceptors (Lipinski definition) is 3. The number of amides is 1. The van der Waals surface area contributed by atoms with Gasteiger partial charge in [0.1, 0.15) is 5.75 Å². The third-order valence-corrected chi connectivity index (χ3v) is 4.13. The van der Waals surface area contributed by atoms with Crippen molar-refractivity contribution in [3.8, 4) is 5.75 Å². The molecule has 0 radical (unpaired) electrons. The molecule has 1 aromatic rings. The minimum Gasteiger partial charge on any atom is -0.481 e. The molecule has 116 valence electrons. The highest BCUT2D eigenvalue weighted by molar-refractivity contribution is 5.81. The van der Waals surface area contributed by atoms with E-state index in [1.165, 1.54) is 12.8 Å². The molecular weight excluding hydrogens is 264 g/mol. The molecule has 1 atom stereocenters. The third kappa shape index (κ3) is 3.90. The fourth-order valence-corrected chi connectivity index (χ4v) is 2.73. The minimum atomic E-state index is -0.454. The van der Waals surface area contributed by atoms with E-state index in [-0.39, 0.29) is 5.91 Å². The van der Waals surface area contributed by atoms with Crippen molar-refractivity contribution >= 4 is 11.6 Å². The van der Waals surface area contributed by atoms with Crippen LogP contribution in [0.25, 0.3) is 0 Å². The Labute approximate surface area is 127 Å². The summed E-state index contributed by atoms with van der Waals surface area (Å²) in [5.41, 5.74) is 8.58. The van der Waals surface area contributed by atoms with Crippen LogP contribution in [0.3, 0.4) is 0 Å². The number of ether oxygens (including phenoxy) is 1. The zero-order chi connectivity index (χ0) is 15.4. The summed E-state index contributed by atoms with van der Waals surface area (Å²) < 4.78 is 5.89. The maximum absolute atomic E-state index is 12.5. The number of rotatable bonds is 3. The van der Waals surface area contributed by atoms with Crippen molar-refractivity contribution in [1.29, 1.82) is 0 Å². The minimum absolute atomic E-state index is 0.0887. The van der Waals surface area contributed by atoms with Gasteiger partial charge in [-0.05, 0) is 56.9 Å². The van der Waals surface area contributed by atoms with Crippen LogP contribution in [0.5, 0.6) is 5.75 Å². The first-order chi connectivity index (χ1) is 9.99. The van der Waals surface area contributed by atoms with E-state index in [0.717, 1.165) is 48.5 Å². The van der Waals surface area contributed by atoms with Gasteiger partial charge < -0.3 is 15.4 Å². The van der Waals surface area contributed by atoms with Gasteiger partial charge in [-0.2, -0.15) is 0 Å². The van der Waals surface area contributed by atoms with Crippen LogP contribution in [-0.2, 0) is 4.79 Å². The van der Waals surface area contributed by atoms with Crippen molar-refractivity contribution in [2.45, 2.75) is 52.6 Å². The van der Waals surface area contributed by atoms with Gasteiger partial charge in [-0.25, -0.2) is 0 Å². The average molecular weight is 290 g/mol. The molecule has 1 aromatic carbocycles. The first kappa shape index (κ1) is 15.7. The topological polar surface area (TPSA) is 55.6 Å². The second kappa shape index (κ2) is 6.83. The van der Waals surface area contributed by atoms with E-state index in [1.807, 2.05) is 37.8 Å². The quantitative estimate of drug-likeness (QED) is 0.870. The van der Waals surface area contributed by atoms with Crippen molar-refractivity contribution < 1.29 is 9.53 Å². The molecule has 0 bridgehead atoms. The number of anilines is 1. The number of nitrogen functional groups attached to an aromatic ring is 1. The number of aryl methyl sites for hydroxylation is 2. The molecule has 1 amide bonds. The Morgan fingerprint density at radius 3 is 2.38 bits per heavy atom. The largest absolute Gasteiger partial charge is 0.481 e. The number of likely N-dealkylation sites (tertiary alicyclic amines) is 1. The van der Waals surface area contributed by atoms with Gasteiger partial charge in [0.05, 0.1) is 0 Å². The van der Waals surface area contributed by atoms with Crippen LogP contribution in [-0.4, -0.2) is 30.0 Å². The normalized spacial score (nSPS) is 17.2. The highest BCUT2D eigenvalue weighted by Crippen LogP contribution is 2.25. The monoisotopic (exact) mass is 290 g/mol. The number of carbonyl (C=O) groups excluding carboxylic acids is 1.